The van der Waals surface area contributed by atoms with Crippen LogP contribution in [0.5, 0.6) is 0 Å². The van der Waals surface area contributed by atoms with Crippen LogP contribution in [0.25, 0.3) is 0 Å². The molecule has 0 bridgehead atoms. The fourth-order valence-electron chi connectivity index (χ4n) is 2.41. The molecule has 1 fully saturated rings. The first kappa shape index (κ1) is 12.2. The van der Waals surface area contributed by atoms with Crippen molar-refractivity contribution in [3.63, 3.8) is 0 Å². The van der Waals surface area contributed by atoms with Crippen LogP contribution in [0.1, 0.15) is 48.0 Å². The second-order valence-electron chi connectivity index (χ2n) is 5.45. The van der Waals surface area contributed by atoms with E-state index in [9.17, 15) is 5.11 Å². The molecule has 4 heteroatoms. The van der Waals surface area contributed by atoms with Gasteiger partial charge in [0.25, 0.3) is 0 Å². The number of furan rings is 1. The van der Waals surface area contributed by atoms with Crippen molar-refractivity contribution < 1.29 is 9.52 Å². The number of nitrogens with zero attached hydrogens (tertiary/aromatic N) is 1. The summed E-state index contributed by atoms with van der Waals surface area (Å²) in [4.78, 5) is 4.07. The van der Waals surface area contributed by atoms with E-state index in [0.29, 0.717) is 29.0 Å². The first-order chi connectivity index (χ1) is 9.06. The predicted molar refractivity (Wildman–Crippen MR) is 72.7 cm³/mol. The Bertz CT molecular complexity index is 606. The third kappa shape index (κ3) is 2.24. The van der Waals surface area contributed by atoms with Gasteiger partial charge >= 0.3 is 0 Å². The lowest BCUT2D eigenvalue weighted by atomic mass is 10.1. The van der Waals surface area contributed by atoms with Gasteiger partial charge in [-0.1, -0.05) is 6.92 Å². The lowest BCUT2D eigenvalue weighted by Gasteiger charge is -2.11. The summed E-state index contributed by atoms with van der Waals surface area (Å²) in [6, 6.07) is 5.62. The van der Waals surface area contributed by atoms with Crippen LogP contribution in [0.2, 0.25) is 0 Å². The summed E-state index contributed by atoms with van der Waals surface area (Å²) in [6.07, 6.45) is 2.00. The van der Waals surface area contributed by atoms with Crippen molar-refractivity contribution in [2.24, 2.45) is 5.92 Å². The number of aliphatic hydroxyl groups excluding tert-OH is 1. The van der Waals surface area contributed by atoms with E-state index in [4.69, 9.17) is 10.2 Å². The molecular formula is C15H18N2O2. The minimum Gasteiger partial charge on any atom is -0.463 e. The highest BCUT2D eigenvalue weighted by Gasteiger charge is 2.37. The topological polar surface area (TPSA) is 72.3 Å². The number of rotatable bonds is 3. The van der Waals surface area contributed by atoms with Crippen LogP contribution >= 0.6 is 0 Å². The molecule has 0 amide bonds. The molecule has 3 rings (SSSR count). The van der Waals surface area contributed by atoms with Crippen molar-refractivity contribution in [3.8, 4) is 0 Å². The zero-order valence-electron chi connectivity index (χ0n) is 11.1. The maximum Gasteiger partial charge on any atom is 0.140 e. The Morgan fingerprint density at radius 3 is 2.89 bits per heavy atom. The van der Waals surface area contributed by atoms with Gasteiger partial charge < -0.3 is 15.3 Å². The molecule has 100 valence electrons. The summed E-state index contributed by atoms with van der Waals surface area (Å²) >= 11 is 0. The number of hydrogen-bond acceptors (Lipinski definition) is 4. The molecule has 0 saturated heterocycles. The Kier molecular flexibility index (Phi) is 2.82. The number of nitrogen functional groups attached to an aromatic ring is 1. The van der Waals surface area contributed by atoms with E-state index in [1.165, 1.54) is 0 Å². The molecule has 1 saturated carbocycles. The zero-order valence-corrected chi connectivity index (χ0v) is 11.1. The minimum atomic E-state index is -0.852. The third-order valence-electron chi connectivity index (χ3n) is 3.77. The van der Waals surface area contributed by atoms with Crippen molar-refractivity contribution in [2.75, 3.05) is 5.73 Å². The standard InChI is InChI=1S/C15H18N2O2/c1-8-5-11(15(16)17-7-8)14(18)13-4-3-12(19-13)10-6-9(10)2/h3-5,7,9-10,14,18H,6H2,1-2H3,(H2,16,17). The summed E-state index contributed by atoms with van der Waals surface area (Å²) in [7, 11) is 0. The Labute approximate surface area is 112 Å². The van der Waals surface area contributed by atoms with Crippen LogP contribution in [0.3, 0.4) is 0 Å². The van der Waals surface area contributed by atoms with E-state index < -0.39 is 6.10 Å². The second-order valence-corrected chi connectivity index (χ2v) is 5.45. The number of aromatic nitrogens is 1. The molecule has 0 spiro atoms. The van der Waals surface area contributed by atoms with E-state index in [1.54, 1.807) is 6.20 Å². The summed E-state index contributed by atoms with van der Waals surface area (Å²) in [5, 5.41) is 10.4. The van der Waals surface area contributed by atoms with Crippen LogP contribution in [0.15, 0.2) is 28.8 Å². The van der Waals surface area contributed by atoms with Crippen molar-refractivity contribution in [1.82, 2.24) is 4.98 Å². The Morgan fingerprint density at radius 1 is 1.47 bits per heavy atom. The van der Waals surface area contributed by atoms with Crippen molar-refractivity contribution in [3.05, 3.63) is 47.0 Å². The third-order valence-corrected chi connectivity index (χ3v) is 3.77. The quantitative estimate of drug-likeness (QED) is 0.888. The number of hydrogen-bond donors (Lipinski definition) is 2. The molecule has 0 aromatic carbocycles. The fraction of sp³-hybridized carbons (Fsp3) is 0.400. The number of aryl methyl sites for hydroxylation is 1. The van der Waals surface area contributed by atoms with Gasteiger partial charge in [0.05, 0.1) is 0 Å². The SMILES string of the molecule is Cc1cnc(N)c(C(O)c2ccc(C3CC3C)o2)c1. The molecule has 2 aromatic rings. The monoisotopic (exact) mass is 258 g/mol. The number of anilines is 1. The lowest BCUT2D eigenvalue weighted by Crippen LogP contribution is -2.05. The maximum atomic E-state index is 10.4. The highest BCUT2D eigenvalue weighted by Crippen LogP contribution is 2.47. The molecule has 1 aliphatic carbocycles. The maximum absolute atomic E-state index is 10.4. The Hall–Kier alpha value is -1.81. The zero-order chi connectivity index (χ0) is 13.6. The molecule has 3 unspecified atom stereocenters. The van der Waals surface area contributed by atoms with E-state index in [0.717, 1.165) is 17.7 Å². The van der Waals surface area contributed by atoms with Gasteiger partial charge in [-0.05, 0) is 43.0 Å². The molecule has 0 radical (unpaired) electrons. The molecule has 4 nitrogen and oxygen atoms in total. The normalized spacial score (nSPS) is 23.3. The van der Waals surface area contributed by atoms with Gasteiger partial charge in [-0.2, -0.15) is 0 Å². The number of aliphatic hydroxyl groups is 1. The van der Waals surface area contributed by atoms with Crippen molar-refractivity contribution in [2.45, 2.75) is 32.3 Å². The Morgan fingerprint density at radius 2 is 2.21 bits per heavy atom. The molecule has 0 aliphatic heterocycles. The second kappa shape index (κ2) is 4.38. The van der Waals surface area contributed by atoms with Crippen LogP contribution in [-0.2, 0) is 0 Å². The molecule has 2 aromatic heterocycles. The average Bonchev–Trinajstić information content (AvgIpc) is 2.92. The molecule has 3 N–H and O–H groups in total. The van der Waals surface area contributed by atoms with Crippen LogP contribution in [-0.4, -0.2) is 10.1 Å². The smallest absolute Gasteiger partial charge is 0.140 e. The van der Waals surface area contributed by atoms with Crippen LogP contribution in [0.4, 0.5) is 5.82 Å². The molecular weight excluding hydrogens is 240 g/mol. The predicted octanol–water partition coefficient (Wildman–Crippen LogP) is 2.77. The van der Waals surface area contributed by atoms with Gasteiger partial charge in [0, 0.05) is 17.7 Å². The van der Waals surface area contributed by atoms with Crippen LogP contribution < -0.4 is 5.73 Å². The van der Waals surface area contributed by atoms with Gasteiger partial charge in [0.1, 0.15) is 23.4 Å². The minimum absolute atomic E-state index is 0.343. The van der Waals surface area contributed by atoms with E-state index in [-0.39, 0.29) is 0 Å². The van der Waals surface area contributed by atoms with E-state index in [1.807, 2.05) is 25.1 Å². The Balaban J connectivity index is 1.88. The highest BCUT2D eigenvalue weighted by molar-refractivity contribution is 5.44. The van der Waals surface area contributed by atoms with E-state index in [2.05, 4.69) is 11.9 Å². The molecule has 19 heavy (non-hydrogen) atoms. The average molecular weight is 258 g/mol. The molecule has 3 atom stereocenters. The first-order valence-corrected chi connectivity index (χ1v) is 6.56. The number of nitrogens with two attached hydrogens (primary N) is 1. The summed E-state index contributed by atoms with van der Waals surface area (Å²) in [5.41, 5.74) is 7.38. The van der Waals surface area contributed by atoms with Gasteiger partial charge in [-0.3, -0.25) is 0 Å². The fourth-order valence-corrected chi connectivity index (χ4v) is 2.41. The largest absolute Gasteiger partial charge is 0.463 e. The number of pyridine rings is 1. The van der Waals surface area contributed by atoms with Crippen molar-refractivity contribution >= 4 is 5.82 Å². The first-order valence-electron chi connectivity index (χ1n) is 6.56. The molecule has 1 aliphatic rings. The summed E-state index contributed by atoms with van der Waals surface area (Å²) < 4.78 is 5.76. The van der Waals surface area contributed by atoms with Crippen molar-refractivity contribution in [1.29, 1.82) is 0 Å². The summed E-state index contributed by atoms with van der Waals surface area (Å²) in [5.74, 6) is 3.03. The summed E-state index contributed by atoms with van der Waals surface area (Å²) in [6.45, 7) is 4.12. The molecule has 2 heterocycles. The van der Waals surface area contributed by atoms with Gasteiger partial charge in [-0.15, -0.1) is 0 Å². The lowest BCUT2D eigenvalue weighted by molar-refractivity contribution is 0.187. The van der Waals surface area contributed by atoms with Gasteiger partial charge in [-0.25, -0.2) is 4.98 Å². The van der Waals surface area contributed by atoms with Gasteiger partial charge in [0.15, 0.2) is 0 Å². The van der Waals surface area contributed by atoms with Crippen LogP contribution in [0, 0.1) is 12.8 Å². The van der Waals surface area contributed by atoms with E-state index >= 15 is 0 Å². The van der Waals surface area contributed by atoms with Gasteiger partial charge in [0.2, 0.25) is 0 Å². The highest BCUT2D eigenvalue weighted by atomic mass is 16.4.